The molecule has 4 amide bonds. The summed E-state index contributed by atoms with van der Waals surface area (Å²) in [6.45, 7) is 5.05. The topological polar surface area (TPSA) is 69.7 Å². The molecule has 1 aliphatic rings. The Morgan fingerprint density at radius 3 is 2.50 bits per heavy atom. The molecule has 0 aromatic heterocycles. The molecule has 6 heteroatoms. The molecule has 1 saturated heterocycles. The zero-order valence-electron chi connectivity index (χ0n) is 9.82. The lowest BCUT2D eigenvalue weighted by Gasteiger charge is -2.30. The second-order valence-electron chi connectivity index (χ2n) is 4.26. The van der Waals surface area contributed by atoms with Crippen molar-refractivity contribution in [1.82, 2.24) is 15.1 Å². The van der Waals surface area contributed by atoms with Gasteiger partial charge in [0.1, 0.15) is 0 Å². The predicted molar refractivity (Wildman–Crippen MR) is 57.6 cm³/mol. The number of likely N-dealkylation sites (N-methyl/N-ethyl adjacent to an activating group) is 1. The van der Waals surface area contributed by atoms with Crippen LogP contribution in [0.2, 0.25) is 0 Å². The van der Waals surface area contributed by atoms with Gasteiger partial charge < -0.3 is 10.2 Å². The van der Waals surface area contributed by atoms with Gasteiger partial charge in [-0.3, -0.25) is 14.5 Å². The van der Waals surface area contributed by atoms with Crippen molar-refractivity contribution in [2.75, 3.05) is 26.7 Å². The molecule has 1 aliphatic heterocycles. The Kier molecular flexibility index (Phi) is 3.87. The van der Waals surface area contributed by atoms with Crippen LogP contribution in [0.15, 0.2) is 0 Å². The number of hydrogen-bond donors (Lipinski definition) is 1. The molecule has 0 saturated carbocycles. The van der Waals surface area contributed by atoms with E-state index in [1.807, 2.05) is 13.8 Å². The molecule has 1 N–H and O–H groups in total. The average molecular weight is 227 g/mol. The third-order valence-corrected chi connectivity index (χ3v) is 2.34. The first-order valence-corrected chi connectivity index (χ1v) is 5.28. The van der Waals surface area contributed by atoms with E-state index in [9.17, 15) is 14.4 Å². The molecule has 16 heavy (non-hydrogen) atoms. The molecule has 6 nitrogen and oxygen atoms in total. The number of urea groups is 1. The summed E-state index contributed by atoms with van der Waals surface area (Å²) in [4.78, 5) is 36.7. The van der Waals surface area contributed by atoms with Gasteiger partial charge in [-0.1, -0.05) is 13.8 Å². The highest BCUT2D eigenvalue weighted by Crippen LogP contribution is 2.03. The lowest BCUT2D eigenvalue weighted by atomic mass is 10.2. The maximum atomic E-state index is 11.6. The van der Waals surface area contributed by atoms with E-state index in [1.54, 1.807) is 7.05 Å². The van der Waals surface area contributed by atoms with Crippen molar-refractivity contribution in [1.29, 1.82) is 0 Å². The van der Waals surface area contributed by atoms with Crippen LogP contribution >= 0.6 is 0 Å². The van der Waals surface area contributed by atoms with Crippen molar-refractivity contribution in [3.05, 3.63) is 0 Å². The number of carbonyl (C=O) groups is 3. The largest absolute Gasteiger partial charge is 0.337 e. The van der Waals surface area contributed by atoms with Gasteiger partial charge >= 0.3 is 17.8 Å². The van der Waals surface area contributed by atoms with Gasteiger partial charge in [-0.15, -0.1) is 0 Å². The molecule has 90 valence electrons. The SMILES string of the molecule is CC(C)CNC(=O)N1CCN(C)C(=O)C1=O. The Labute approximate surface area is 94.6 Å². The Morgan fingerprint density at radius 1 is 1.31 bits per heavy atom. The first-order valence-electron chi connectivity index (χ1n) is 5.28. The van der Waals surface area contributed by atoms with Crippen LogP contribution in [0.25, 0.3) is 0 Å². The van der Waals surface area contributed by atoms with Crippen LogP contribution in [0.3, 0.4) is 0 Å². The Hall–Kier alpha value is -1.59. The Morgan fingerprint density at radius 2 is 1.94 bits per heavy atom. The van der Waals surface area contributed by atoms with Crippen LogP contribution in [-0.4, -0.2) is 54.3 Å². The van der Waals surface area contributed by atoms with Crippen molar-refractivity contribution >= 4 is 17.8 Å². The number of carbonyl (C=O) groups excluding carboxylic acids is 3. The van der Waals surface area contributed by atoms with Gasteiger partial charge in [0.25, 0.3) is 0 Å². The zero-order valence-corrected chi connectivity index (χ0v) is 9.82. The molecule has 0 aromatic carbocycles. The number of rotatable bonds is 2. The van der Waals surface area contributed by atoms with E-state index in [-0.39, 0.29) is 6.54 Å². The normalized spacial score (nSPS) is 17.0. The second kappa shape index (κ2) is 4.96. The molecular formula is C10H17N3O3. The lowest BCUT2D eigenvalue weighted by molar-refractivity contribution is -0.152. The van der Waals surface area contributed by atoms with Crippen molar-refractivity contribution in [2.24, 2.45) is 5.92 Å². The van der Waals surface area contributed by atoms with Gasteiger partial charge in [-0.2, -0.15) is 0 Å². The number of nitrogens with one attached hydrogen (secondary N) is 1. The van der Waals surface area contributed by atoms with Crippen molar-refractivity contribution in [2.45, 2.75) is 13.8 Å². The van der Waals surface area contributed by atoms with Gasteiger partial charge in [0, 0.05) is 26.7 Å². The van der Waals surface area contributed by atoms with E-state index in [4.69, 9.17) is 0 Å². The molecule has 1 fully saturated rings. The number of imide groups is 1. The third kappa shape index (κ3) is 2.71. The van der Waals surface area contributed by atoms with Gasteiger partial charge in [0.2, 0.25) is 0 Å². The summed E-state index contributed by atoms with van der Waals surface area (Å²) in [5.74, 6) is -1.08. The fourth-order valence-corrected chi connectivity index (χ4v) is 1.31. The van der Waals surface area contributed by atoms with Crippen molar-refractivity contribution < 1.29 is 14.4 Å². The van der Waals surface area contributed by atoms with Crippen LogP contribution in [0.1, 0.15) is 13.8 Å². The highest BCUT2D eigenvalue weighted by molar-refractivity contribution is 6.37. The predicted octanol–water partition coefficient (Wildman–Crippen LogP) is -0.347. The monoisotopic (exact) mass is 227 g/mol. The molecule has 0 aromatic rings. The maximum Gasteiger partial charge on any atom is 0.324 e. The fraction of sp³-hybridized carbons (Fsp3) is 0.700. The molecule has 0 atom stereocenters. The Balaban J connectivity index is 2.57. The van der Waals surface area contributed by atoms with E-state index in [0.29, 0.717) is 19.0 Å². The van der Waals surface area contributed by atoms with Crippen LogP contribution in [0.5, 0.6) is 0 Å². The number of hydrogen-bond acceptors (Lipinski definition) is 3. The summed E-state index contributed by atoms with van der Waals surface area (Å²) in [5, 5.41) is 2.61. The molecule has 0 aliphatic carbocycles. The van der Waals surface area contributed by atoms with Crippen LogP contribution in [0.4, 0.5) is 4.79 Å². The number of amides is 4. The highest BCUT2D eigenvalue weighted by atomic mass is 16.2. The van der Waals surface area contributed by atoms with E-state index in [2.05, 4.69) is 5.32 Å². The van der Waals surface area contributed by atoms with E-state index in [0.717, 1.165) is 4.90 Å². The molecule has 0 bridgehead atoms. The van der Waals surface area contributed by atoms with Gasteiger partial charge in [0.05, 0.1) is 0 Å². The molecular weight excluding hydrogens is 210 g/mol. The third-order valence-electron chi connectivity index (χ3n) is 2.34. The van der Waals surface area contributed by atoms with E-state index < -0.39 is 17.8 Å². The average Bonchev–Trinajstić information content (AvgIpc) is 2.23. The van der Waals surface area contributed by atoms with Crippen LogP contribution < -0.4 is 5.32 Å². The summed E-state index contributed by atoms with van der Waals surface area (Å²) >= 11 is 0. The number of piperazine rings is 1. The van der Waals surface area contributed by atoms with Crippen molar-refractivity contribution in [3.63, 3.8) is 0 Å². The molecule has 1 rings (SSSR count). The summed E-state index contributed by atoms with van der Waals surface area (Å²) in [5.41, 5.74) is 0. The van der Waals surface area contributed by atoms with Gasteiger partial charge in [0.15, 0.2) is 0 Å². The molecule has 0 spiro atoms. The molecule has 0 unspecified atom stereocenters. The highest BCUT2D eigenvalue weighted by Gasteiger charge is 2.34. The summed E-state index contributed by atoms with van der Waals surface area (Å²) in [7, 11) is 1.55. The van der Waals surface area contributed by atoms with E-state index in [1.165, 1.54) is 4.90 Å². The minimum Gasteiger partial charge on any atom is -0.337 e. The zero-order chi connectivity index (χ0) is 12.3. The minimum atomic E-state index is -0.755. The summed E-state index contributed by atoms with van der Waals surface area (Å²) < 4.78 is 0. The first-order chi connectivity index (χ1) is 7.43. The lowest BCUT2D eigenvalue weighted by Crippen LogP contribution is -2.57. The van der Waals surface area contributed by atoms with Gasteiger partial charge in [-0.25, -0.2) is 4.79 Å². The number of nitrogens with zero attached hydrogens (tertiary/aromatic N) is 2. The maximum absolute atomic E-state index is 11.6. The Bertz CT molecular complexity index is 314. The first kappa shape index (κ1) is 12.5. The second-order valence-corrected chi connectivity index (χ2v) is 4.26. The fourth-order valence-electron chi connectivity index (χ4n) is 1.31. The standard InChI is InChI=1S/C10H17N3O3/c1-7(2)6-11-10(16)13-5-4-12(3)8(14)9(13)15/h7H,4-6H2,1-3H3,(H,11,16). The van der Waals surface area contributed by atoms with Crippen molar-refractivity contribution in [3.8, 4) is 0 Å². The quantitative estimate of drug-likeness (QED) is 0.656. The molecule has 1 heterocycles. The van der Waals surface area contributed by atoms with Gasteiger partial charge in [-0.05, 0) is 5.92 Å². The molecule has 0 radical (unpaired) electrons. The van der Waals surface area contributed by atoms with Crippen LogP contribution in [0, 0.1) is 5.92 Å². The minimum absolute atomic E-state index is 0.255. The van der Waals surface area contributed by atoms with E-state index >= 15 is 0 Å². The van der Waals surface area contributed by atoms with Crippen LogP contribution in [-0.2, 0) is 9.59 Å². The smallest absolute Gasteiger partial charge is 0.324 e. The summed E-state index contributed by atoms with van der Waals surface area (Å²) in [6.07, 6.45) is 0. The summed E-state index contributed by atoms with van der Waals surface area (Å²) in [6, 6.07) is -0.486.